The van der Waals surface area contributed by atoms with E-state index in [0.717, 1.165) is 24.5 Å². The summed E-state index contributed by atoms with van der Waals surface area (Å²) in [7, 11) is 1.98. The van der Waals surface area contributed by atoms with E-state index in [1.54, 1.807) is 6.20 Å². The Morgan fingerprint density at radius 2 is 2.07 bits per heavy atom. The van der Waals surface area contributed by atoms with E-state index in [4.69, 9.17) is 4.74 Å². The highest BCUT2D eigenvalue weighted by molar-refractivity contribution is 5.85. The first-order valence-corrected chi connectivity index (χ1v) is 9.77. The zero-order chi connectivity index (χ0) is 19.6. The minimum Gasteiger partial charge on any atom is -0.381 e. The Morgan fingerprint density at radius 3 is 2.71 bits per heavy atom. The van der Waals surface area contributed by atoms with Gasteiger partial charge >= 0.3 is 0 Å². The third-order valence-corrected chi connectivity index (χ3v) is 5.98. The van der Waals surface area contributed by atoms with Crippen LogP contribution in [0.4, 0.5) is 0 Å². The molecule has 0 radical (unpaired) electrons. The number of amides is 1. The van der Waals surface area contributed by atoms with Gasteiger partial charge in [-0.05, 0) is 31.7 Å². The van der Waals surface area contributed by atoms with Gasteiger partial charge in [0.05, 0.1) is 6.07 Å². The molecule has 2 aliphatic heterocycles. The van der Waals surface area contributed by atoms with Crippen molar-refractivity contribution >= 4 is 5.91 Å². The van der Waals surface area contributed by atoms with Crippen LogP contribution in [0.15, 0.2) is 18.5 Å². The number of ether oxygens (including phenoxy) is 1. The van der Waals surface area contributed by atoms with E-state index in [9.17, 15) is 10.1 Å². The Hall–Kier alpha value is -2.73. The molecule has 0 atom stereocenters. The highest BCUT2D eigenvalue weighted by Crippen LogP contribution is 2.35. The van der Waals surface area contributed by atoms with Gasteiger partial charge in [0.1, 0.15) is 17.8 Å². The summed E-state index contributed by atoms with van der Waals surface area (Å²) >= 11 is 0. The zero-order valence-electron chi connectivity index (χ0n) is 16.1. The first-order valence-electron chi connectivity index (χ1n) is 9.77. The smallest absolute Gasteiger partial charge is 0.243 e. The maximum Gasteiger partial charge on any atom is 0.243 e. The monoisotopic (exact) mass is 383 g/mol. The van der Waals surface area contributed by atoms with Crippen LogP contribution in [0.3, 0.4) is 0 Å². The van der Waals surface area contributed by atoms with Crippen molar-refractivity contribution in [2.24, 2.45) is 12.5 Å². The number of hydrogen-bond donors (Lipinski definition) is 0. The van der Waals surface area contributed by atoms with Gasteiger partial charge in [0.2, 0.25) is 5.91 Å². The molecule has 0 aromatic carbocycles. The number of nitriles is 1. The number of rotatable bonds is 4. The molecule has 2 fully saturated rings. The molecule has 1 amide bonds. The first-order chi connectivity index (χ1) is 13.6. The fourth-order valence-electron chi connectivity index (χ4n) is 4.14. The highest BCUT2D eigenvalue weighted by atomic mass is 16.5. The molecule has 148 valence electrons. The molecule has 9 nitrogen and oxygen atoms in total. The Labute approximate surface area is 163 Å². The van der Waals surface area contributed by atoms with Gasteiger partial charge in [-0.25, -0.2) is 0 Å². The van der Waals surface area contributed by atoms with Crippen LogP contribution in [0.1, 0.15) is 43.3 Å². The average Bonchev–Trinajstić information content (AvgIpc) is 3.39. The molecule has 0 saturated carbocycles. The maximum atomic E-state index is 13.0. The van der Waals surface area contributed by atoms with Crippen LogP contribution < -0.4 is 0 Å². The van der Waals surface area contributed by atoms with Gasteiger partial charge < -0.3 is 14.2 Å². The largest absolute Gasteiger partial charge is 0.381 e. The van der Waals surface area contributed by atoms with Crippen molar-refractivity contribution in [1.29, 1.82) is 5.26 Å². The summed E-state index contributed by atoms with van der Waals surface area (Å²) in [5.41, 5.74) is -0.910. The number of piperidine rings is 1. The second kappa shape index (κ2) is 7.72. The first kappa shape index (κ1) is 18.6. The molecule has 2 aromatic rings. The van der Waals surface area contributed by atoms with Gasteiger partial charge in [0, 0.05) is 51.7 Å². The predicted octanol–water partition coefficient (Wildman–Crippen LogP) is 1.09. The van der Waals surface area contributed by atoms with Crippen molar-refractivity contribution in [2.75, 3.05) is 26.3 Å². The fraction of sp³-hybridized carbons (Fsp3) is 0.632. The Kier molecular flexibility index (Phi) is 5.13. The second-order valence-electron chi connectivity index (χ2n) is 7.61. The van der Waals surface area contributed by atoms with Gasteiger partial charge in [-0.1, -0.05) is 0 Å². The summed E-state index contributed by atoms with van der Waals surface area (Å²) < 4.78 is 9.21. The van der Waals surface area contributed by atoms with Crippen LogP contribution >= 0.6 is 0 Å². The normalized spacial score (nSPS) is 20.1. The molecule has 2 aliphatic rings. The third kappa shape index (κ3) is 3.40. The molecular formula is C19H25N7O2. The van der Waals surface area contributed by atoms with Gasteiger partial charge in [0.25, 0.3) is 0 Å². The summed E-state index contributed by atoms with van der Waals surface area (Å²) in [4.78, 5) is 14.9. The van der Waals surface area contributed by atoms with Crippen LogP contribution in [-0.2, 0) is 23.1 Å². The van der Waals surface area contributed by atoms with E-state index in [0.29, 0.717) is 45.7 Å². The number of hydrogen-bond acceptors (Lipinski definition) is 6. The molecule has 2 saturated heterocycles. The highest BCUT2D eigenvalue weighted by Gasteiger charge is 2.44. The lowest BCUT2D eigenvalue weighted by atomic mass is 9.79. The molecule has 0 bridgehead atoms. The Morgan fingerprint density at radius 1 is 1.32 bits per heavy atom. The molecule has 0 aliphatic carbocycles. The van der Waals surface area contributed by atoms with Crippen LogP contribution in [0.2, 0.25) is 0 Å². The summed E-state index contributed by atoms with van der Waals surface area (Å²) in [5.74, 6) is 2.05. The van der Waals surface area contributed by atoms with E-state index in [-0.39, 0.29) is 11.8 Å². The van der Waals surface area contributed by atoms with Crippen LogP contribution in [0.5, 0.6) is 0 Å². The maximum absolute atomic E-state index is 13.0. The number of likely N-dealkylation sites (tertiary alicyclic amines) is 1. The summed E-state index contributed by atoms with van der Waals surface area (Å²) in [6, 6.07) is 4.17. The van der Waals surface area contributed by atoms with Crippen LogP contribution in [0.25, 0.3) is 0 Å². The lowest BCUT2D eigenvalue weighted by molar-refractivity contribution is -0.144. The van der Waals surface area contributed by atoms with E-state index < -0.39 is 5.41 Å². The van der Waals surface area contributed by atoms with Crippen LogP contribution in [-0.4, -0.2) is 61.7 Å². The number of nitrogens with zero attached hydrogens (tertiary/aromatic N) is 7. The molecule has 4 rings (SSSR count). The SMILES string of the molecule is Cn1c(Cn2cccn2)nnc1C1CCN(C(=O)C2(C#N)CCOCC2)CC1. The van der Waals surface area contributed by atoms with Crippen LogP contribution in [0, 0.1) is 16.7 Å². The zero-order valence-corrected chi connectivity index (χ0v) is 16.1. The topological polar surface area (TPSA) is 102 Å². The van der Waals surface area contributed by atoms with E-state index >= 15 is 0 Å². The number of carbonyl (C=O) groups excluding carboxylic acids is 1. The molecule has 28 heavy (non-hydrogen) atoms. The lowest BCUT2D eigenvalue weighted by Gasteiger charge is -2.38. The van der Waals surface area contributed by atoms with Crippen molar-refractivity contribution in [3.05, 3.63) is 30.1 Å². The molecule has 0 N–H and O–H groups in total. The average molecular weight is 383 g/mol. The van der Waals surface area contributed by atoms with E-state index in [1.165, 1.54) is 0 Å². The quantitative estimate of drug-likeness (QED) is 0.783. The van der Waals surface area contributed by atoms with Gasteiger partial charge in [-0.3, -0.25) is 9.48 Å². The molecule has 0 spiro atoms. The Bertz CT molecular complexity index is 853. The Balaban J connectivity index is 1.40. The summed E-state index contributed by atoms with van der Waals surface area (Å²) in [6.07, 6.45) is 6.29. The third-order valence-electron chi connectivity index (χ3n) is 5.98. The standard InChI is InChI=1S/C19H25N7O2/c1-24-16(13-26-8-2-7-21-26)22-23-17(24)15-3-9-25(10-4-15)18(27)19(14-20)5-11-28-12-6-19/h2,7-8,15H,3-6,9-13H2,1H3. The number of aromatic nitrogens is 5. The predicted molar refractivity (Wildman–Crippen MR) is 99.0 cm³/mol. The van der Waals surface area contributed by atoms with Gasteiger partial charge in [-0.15, -0.1) is 10.2 Å². The molecule has 2 aromatic heterocycles. The second-order valence-corrected chi connectivity index (χ2v) is 7.61. The molecule has 9 heteroatoms. The fourth-order valence-corrected chi connectivity index (χ4v) is 4.14. The van der Waals surface area contributed by atoms with E-state index in [1.807, 2.05) is 33.5 Å². The van der Waals surface area contributed by atoms with E-state index in [2.05, 4.69) is 21.4 Å². The number of carbonyl (C=O) groups is 1. The summed E-state index contributed by atoms with van der Waals surface area (Å²) in [5, 5.41) is 22.6. The minimum atomic E-state index is -0.910. The molecule has 0 unspecified atom stereocenters. The van der Waals surface area contributed by atoms with Gasteiger partial charge in [0.15, 0.2) is 5.82 Å². The van der Waals surface area contributed by atoms with Gasteiger partial charge in [-0.2, -0.15) is 10.4 Å². The lowest BCUT2D eigenvalue weighted by Crippen LogP contribution is -2.48. The molecule has 4 heterocycles. The van der Waals surface area contributed by atoms with Crippen molar-refractivity contribution in [2.45, 2.75) is 38.1 Å². The van der Waals surface area contributed by atoms with Crippen molar-refractivity contribution < 1.29 is 9.53 Å². The van der Waals surface area contributed by atoms with Crippen molar-refractivity contribution in [3.63, 3.8) is 0 Å². The summed E-state index contributed by atoms with van der Waals surface area (Å²) in [6.45, 7) is 2.84. The minimum absolute atomic E-state index is 0.0333. The van der Waals surface area contributed by atoms with Crippen molar-refractivity contribution in [3.8, 4) is 6.07 Å². The van der Waals surface area contributed by atoms with Crippen molar-refractivity contribution in [1.82, 2.24) is 29.4 Å². The molecular weight excluding hydrogens is 358 g/mol.